The maximum Gasteiger partial charge on any atom is 0.0728 e. The first-order valence-corrected chi connectivity index (χ1v) is 4.76. The highest BCUT2D eigenvalue weighted by molar-refractivity contribution is 4.91. The van der Waals surface area contributed by atoms with Crippen LogP contribution in [0.25, 0.3) is 0 Å². The van der Waals surface area contributed by atoms with E-state index in [1.165, 1.54) is 19.3 Å². The smallest absolute Gasteiger partial charge is 0.0728 e. The molecule has 0 aliphatic carbocycles. The Balaban J connectivity index is 0.000000378. The van der Waals surface area contributed by atoms with Crippen molar-refractivity contribution < 1.29 is 6.16 Å². The van der Waals surface area contributed by atoms with E-state index in [9.17, 15) is 0 Å². The molecule has 2 heterocycles. The summed E-state index contributed by atoms with van der Waals surface area (Å²) in [5.74, 6) is 0. The van der Waals surface area contributed by atoms with E-state index in [0.717, 1.165) is 19.7 Å². The minimum absolute atomic E-state index is 0. The van der Waals surface area contributed by atoms with Crippen molar-refractivity contribution in [2.45, 2.75) is 38.7 Å². The van der Waals surface area contributed by atoms with E-state index >= 15 is 0 Å². The highest BCUT2D eigenvalue weighted by Crippen LogP contribution is 2.34. The van der Waals surface area contributed by atoms with Crippen molar-refractivity contribution in [1.29, 1.82) is 0 Å². The fraction of sp³-hybridized carbons (Fsp3) is 1.00. The number of hydrogen-bond acceptors (Lipinski definition) is 2. The average molecular weight is 159 g/mol. The molecule has 2 nitrogen and oxygen atoms in total. The molecule has 2 fully saturated rings. The Morgan fingerprint density at radius 3 is 2.00 bits per heavy atom. The largest absolute Gasteiger partial charge is 0.375 e. The van der Waals surface area contributed by atoms with Crippen LogP contribution >= 0.6 is 0 Å². The molecule has 2 saturated heterocycles. The Hall–Kier alpha value is -0.0800. The Bertz CT molecular complexity index is 107. The van der Waals surface area contributed by atoms with Gasteiger partial charge in [-0.2, -0.15) is 0 Å². The van der Waals surface area contributed by atoms with Gasteiger partial charge < -0.3 is 10.1 Å². The first kappa shape index (κ1) is 9.01. The molecule has 0 atom stereocenters. The minimum Gasteiger partial charge on any atom is -0.375 e. The van der Waals surface area contributed by atoms with Gasteiger partial charge in [-0.3, -0.25) is 0 Å². The van der Waals surface area contributed by atoms with E-state index in [1.54, 1.807) is 0 Å². The van der Waals surface area contributed by atoms with Crippen molar-refractivity contribution in [3.8, 4) is 0 Å². The van der Waals surface area contributed by atoms with Crippen LogP contribution in [0.3, 0.4) is 0 Å². The van der Waals surface area contributed by atoms with Crippen molar-refractivity contribution in [1.82, 2.24) is 5.32 Å². The molecule has 0 amide bonds. The monoisotopic (exact) mass is 159 g/mol. The summed E-state index contributed by atoms with van der Waals surface area (Å²) in [7, 11) is 0. The molecule has 2 aliphatic heterocycles. The molecule has 0 bridgehead atoms. The van der Waals surface area contributed by atoms with Crippen LogP contribution in [0.1, 0.15) is 34.5 Å². The van der Waals surface area contributed by atoms with Gasteiger partial charge in [0.25, 0.3) is 0 Å². The molecular weight excluding hydrogens is 138 g/mol. The van der Waals surface area contributed by atoms with E-state index in [4.69, 9.17) is 4.74 Å². The number of rotatable bonds is 0. The van der Waals surface area contributed by atoms with Gasteiger partial charge in [-0.05, 0) is 32.4 Å². The van der Waals surface area contributed by atoms with Gasteiger partial charge >= 0.3 is 0 Å². The van der Waals surface area contributed by atoms with Gasteiger partial charge in [0.2, 0.25) is 0 Å². The molecule has 1 spiro atoms. The zero-order valence-electron chi connectivity index (χ0n) is 7.65. The number of piperidine rings is 1. The predicted molar refractivity (Wildman–Crippen MR) is 48.9 cm³/mol. The van der Waals surface area contributed by atoms with Crippen LogP contribution in [-0.4, -0.2) is 25.3 Å². The van der Waals surface area contributed by atoms with E-state index in [1.807, 2.05) is 13.8 Å². The second-order valence-electron chi connectivity index (χ2n) is 3.03. The maximum atomic E-state index is 5.52. The standard InChI is InChI=1S/C7H13NO.C2H6.H2/c1-4-8-5-2-7(1)3-6-9-7;1-2;/h8H,1-6H2;1-2H3;1H. The number of hydrogen-bond donors (Lipinski definition) is 1. The fourth-order valence-electron chi connectivity index (χ4n) is 1.67. The number of nitrogens with one attached hydrogen (secondary N) is 1. The molecule has 2 heteroatoms. The van der Waals surface area contributed by atoms with Gasteiger partial charge in [-0.25, -0.2) is 0 Å². The molecule has 0 aromatic rings. The first-order chi connectivity index (χ1) is 5.41. The number of ether oxygens (including phenoxy) is 1. The lowest BCUT2D eigenvalue weighted by molar-refractivity contribution is -0.160. The van der Waals surface area contributed by atoms with Crippen LogP contribution in [0.4, 0.5) is 0 Å². The van der Waals surface area contributed by atoms with Crippen LogP contribution in [0.5, 0.6) is 0 Å². The molecule has 0 aromatic carbocycles. The van der Waals surface area contributed by atoms with Crippen LogP contribution in [0, 0.1) is 0 Å². The lowest BCUT2D eigenvalue weighted by Gasteiger charge is -2.44. The van der Waals surface area contributed by atoms with Crippen molar-refractivity contribution in [3.05, 3.63) is 0 Å². The van der Waals surface area contributed by atoms with Crippen LogP contribution in [0.2, 0.25) is 0 Å². The summed E-state index contributed by atoms with van der Waals surface area (Å²) in [5.41, 5.74) is 0.339. The van der Waals surface area contributed by atoms with Gasteiger partial charge in [-0.15, -0.1) is 0 Å². The Morgan fingerprint density at radius 2 is 1.73 bits per heavy atom. The summed E-state index contributed by atoms with van der Waals surface area (Å²) >= 11 is 0. The summed E-state index contributed by atoms with van der Waals surface area (Å²) in [4.78, 5) is 0. The zero-order valence-corrected chi connectivity index (χ0v) is 7.65. The summed E-state index contributed by atoms with van der Waals surface area (Å²) in [6.45, 7) is 7.31. The normalized spacial score (nSPS) is 26.7. The predicted octanol–water partition coefficient (Wildman–Crippen LogP) is 1.80. The molecular formula is C9H21NO. The van der Waals surface area contributed by atoms with E-state index < -0.39 is 0 Å². The van der Waals surface area contributed by atoms with Crippen molar-refractivity contribution in [2.24, 2.45) is 0 Å². The van der Waals surface area contributed by atoms with Gasteiger partial charge in [0.05, 0.1) is 12.2 Å². The summed E-state index contributed by atoms with van der Waals surface area (Å²) < 4.78 is 5.52. The highest BCUT2D eigenvalue weighted by Gasteiger charge is 2.38. The Labute approximate surface area is 70.8 Å². The maximum absolute atomic E-state index is 5.52. The second-order valence-corrected chi connectivity index (χ2v) is 3.03. The molecule has 2 rings (SSSR count). The molecule has 68 valence electrons. The zero-order chi connectivity index (χ0) is 8.16. The highest BCUT2D eigenvalue weighted by atomic mass is 16.5. The van der Waals surface area contributed by atoms with E-state index in [2.05, 4.69) is 5.32 Å². The molecule has 0 aromatic heterocycles. The minimum atomic E-state index is 0. The summed E-state index contributed by atoms with van der Waals surface area (Å²) in [6.07, 6.45) is 3.76. The van der Waals surface area contributed by atoms with Crippen molar-refractivity contribution in [3.63, 3.8) is 0 Å². The van der Waals surface area contributed by atoms with Crippen LogP contribution < -0.4 is 5.32 Å². The Kier molecular flexibility index (Phi) is 3.34. The molecule has 0 unspecified atom stereocenters. The van der Waals surface area contributed by atoms with E-state index in [-0.39, 0.29) is 1.43 Å². The van der Waals surface area contributed by atoms with Crippen molar-refractivity contribution >= 4 is 0 Å². The topological polar surface area (TPSA) is 21.3 Å². The lowest BCUT2D eigenvalue weighted by atomic mass is 9.85. The van der Waals surface area contributed by atoms with Gasteiger partial charge in [0.1, 0.15) is 0 Å². The van der Waals surface area contributed by atoms with Crippen LogP contribution in [0.15, 0.2) is 0 Å². The Morgan fingerprint density at radius 1 is 1.18 bits per heavy atom. The summed E-state index contributed by atoms with van der Waals surface area (Å²) in [5, 5.41) is 3.33. The molecule has 11 heavy (non-hydrogen) atoms. The first-order valence-electron chi connectivity index (χ1n) is 4.76. The third-order valence-electron chi connectivity index (χ3n) is 2.48. The van der Waals surface area contributed by atoms with Gasteiger partial charge in [0, 0.05) is 1.43 Å². The molecule has 1 N–H and O–H groups in total. The summed E-state index contributed by atoms with van der Waals surface area (Å²) in [6, 6.07) is 0. The third kappa shape index (κ3) is 1.94. The van der Waals surface area contributed by atoms with Gasteiger partial charge in [-0.1, -0.05) is 13.8 Å². The molecule has 2 aliphatic rings. The van der Waals surface area contributed by atoms with E-state index in [0.29, 0.717) is 5.60 Å². The molecule has 0 saturated carbocycles. The second kappa shape index (κ2) is 4.07. The quantitative estimate of drug-likeness (QED) is 0.582. The van der Waals surface area contributed by atoms with Crippen LogP contribution in [-0.2, 0) is 4.74 Å². The third-order valence-corrected chi connectivity index (χ3v) is 2.48. The van der Waals surface area contributed by atoms with Crippen molar-refractivity contribution in [2.75, 3.05) is 19.7 Å². The lowest BCUT2D eigenvalue weighted by Crippen LogP contribution is -2.51. The molecule has 0 radical (unpaired) electrons. The average Bonchev–Trinajstić information content (AvgIpc) is 2.07. The van der Waals surface area contributed by atoms with Gasteiger partial charge in [0.15, 0.2) is 0 Å². The SMILES string of the molecule is C1CC2(CCN1)CCO2.CC.[HH]. The fourth-order valence-corrected chi connectivity index (χ4v) is 1.67.